The van der Waals surface area contributed by atoms with E-state index in [0.29, 0.717) is 6.42 Å². The number of rotatable bonds is 54. The summed E-state index contributed by atoms with van der Waals surface area (Å²) in [5.41, 5.74) is 0. The van der Waals surface area contributed by atoms with Gasteiger partial charge < -0.3 is 15.5 Å². The van der Waals surface area contributed by atoms with Gasteiger partial charge in [0.25, 0.3) is 0 Å². The summed E-state index contributed by atoms with van der Waals surface area (Å²) in [7, 11) is 0. The van der Waals surface area contributed by atoms with Crippen LogP contribution in [0.15, 0.2) is 85.1 Å². The lowest BCUT2D eigenvalue weighted by Crippen LogP contribution is -2.45. The molecule has 0 bridgehead atoms. The van der Waals surface area contributed by atoms with Gasteiger partial charge in [0.15, 0.2) is 0 Å². The number of unbranched alkanes of at least 4 members (excludes halogenated alkanes) is 35. The molecule has 0 spiro atoms. The Hall–Kier alpha value is -2.43. The Balaban J connectivity index is 3.52. The highest BCUT2D eigenvalue weighted by molar-refractivity contribution is 5.76. The first-order valence-electron chi connectivity index (χ1n) is 29.8. The van der Waals surface area contributed by atoms with Crippen molar-refractivity contribution in [2.24, 2.45) is 0 Å². The van der Waals surface area contributed by atoms with Gasteiger partial charge in [-0.25, -0.2) is 0 Å². The Kier molecular flexibility index (Phi) is 56.8. The van der Waals surface area contributed by atoms with Crippen molar-refractivity contribution in [2.75, 3.05) is 6.61 Å². The van der Waals surface area contributed by atoms with Crippen molar-refractivity contribution in [3.63, 3.8) is 0 Å². The van der Waals surface area contributed by atoms with Gasteiger partial charge in [-0.15, -0.1) is 0 Å². The lowest BCUT2D eigenvalue weighted by Gasteiger charge is -2.20. The molecule has 3 N–H and O–H groups in total. The number of allylic oxidation sites excluding steroid dienone is 13. The molecular formula is C64H115NO3. The monoisotopic (exact) mass is 946 g/mol. The Morgan fingerprint density at radius 2 is 0.647 bits per heavy atom. The zero-order valence-electron chi connectivity index (χ0n) is 45.4. The normalized spacial score (nSPS) is 13.4. The smallest absolute Gasteiger partial charge is 0.220 e. The fraction of sp³-hybridized carbons (Fsp3) is 0.766. The van der Waals surface area contributed by atoms with Crippen LogP contribution in [-0.4, -0.2) is 34.9 Å². The highest BCUT2D eigenvalue weighted by Gasteiger charge is 2.18. The molecule has 0 aliphatic heterocycles. The van der Waals surface area contributed by atoms with Crippen LogP contribution in [0.2, 0.25) is 0 Å². The van der Waals surface area contributed by atoms with Crippen LogP contribution < -0.4 is 5.32 Å². The molecular weight excluding hydrogens is 831 g/mol. The molecule has 0 aliphatic carbocycles. The molecule has 0 heterocycles. The van der Waals surface area contributed by atoms with Gasteiger partial charge >= 0.3 is 0 Å². The maximum absolute atomic E-state index is 12.5. The maximum atomic E-state index is 12.5. The van der Waals surface area contributed by atoms with E-state index in [-0.39, 0.29) is 12.5 Å². The summed E-state index contributed by atoms with van der Waals surface area (Å²) >= 11 is 0. The lowest BCUT2D eigenvalue weighted by atomic mass is 10.0. The van der Waals surface area contributed by atoms with Crippen LogP contribution in [0.25, 0.3) is 0 Å². The molecule has 68 heavy (non-hydrogen) atoms. The second-order valence-corrected chi connectivity index (χ2v) is 20.0. The Labute approximate surface area is 424 Å². The largest absolute Gasteiger partial charge is 0.394 e. The number of carbonyl (C=O) groups excluding carboxylic acids is 1. The molecule has 0 rings (SSSR count). The number of carbonyl (C=O) groups is 1. The van der Waals surface area contributed by atoms with Crippen LogP contribution in [0.1, 0.15) is 296 Å². The highest BCUT2D eigenvalue weighted by Crippen LogP contribution is 2.17. The molecule has 0 aromatic carbocycles. The van der Waals surface area contributed by atoms with Crippen molar-refractivity contribution >= 4 is 5.91 Å². The van der Waals surface area contributed by atoms with Crippen molar-refractivity contribution < 1.29 is 15.0 Å². The SMILES string of the molecule is CC/C=C\C/C=C\C/C=C\C/C=C\C/C=C\C/C=C\CCCCCCCCCCCCCCC(=O)NC(CO)C(O)/C=C/CCCCCCCCCCCCCCCCCCCCCCCCC. The Morgan fingerprint density at radius 1 is 0.368 bits per heavy atom. The van der Waals surface area contributed by atoms with Crippen molar-refractivity contribution in [1.29, 1.82) is 0 Å². The summed E-state index contributed by atoms with van der Waals surface area (Å²) in [6.07, 6.45) is 86.1. The van der Waals surface area contributed by atoms with Gasteiger partial charge in [-0.2, -0.15) is 0 Å². The first-order chi connectivity index (χ1) is 33.7. The molecule has 0 fully saturated rings. The summed E-state index contributed by atoms with van der Waals surface area (Å²) in [6.45, 7) is 4.22. The minimum Gasteiger partial charge on any atom is -0.394 e. The van der Waals surface area contributed by atoms with E-state index in [4.69, 9.17) is 0 Å². The van der Waals surface area contributed by atoms with Crippen LogP contribution in [0.3, 0.4) is 0 Å². The average Bonchev–Trinajstić information content (AvgIpc) is 3.34. The first kappa shape index (κ1) is 65.6. The third kappa shape index (κ3) is 54.5. The predicted octanol–water partition coefficient (Wildman–Crippen LogP) is 19.9. The van der Waals surface area contributed by atoms with Crippen molar-refractivity contribution in [3.8, 4) is 0 Å². The van der Waals surface area contributed by atoms with Crippen LogP contribution in [0.4, 0.5) is 0 Å². The van der Waals surface area contributed by atoms with Crippen LogP contribution in [-0.2, 0) is 4.79 Å². The Bertz CT molecular complexity index is 1210. The van der Waals surface area contributed by atoms with E-state index >= 15 is 0 Å². The molecule has 2 unspecified atom stereocenters. The summed E-state index contributed by atoms with van der Waals surface area (Å²) in [6, 6.07) is -0.629. The van der Waals surface area contributed by atoms with E-state index in [1.54, 1.807) is 6.08 Å². The molecule has 394 valence electrons. The number of aliphatic hydroxyl groups is 2. The molecule has 2 atom stereocenters. The minimum absolute atomic E-state index is 0.0660. The molecule has 0 aromatic rings. The lowest BCUT2D eigenvalue weighted by molar-refractivity contribution is -0.123. The zero-order valence-corrected chi connectivity index (χ0v) is 45.4. The van der Waals surface area contributed by atoms with Gasteiger partial charge in [0, 0.05) is 6.42 Å². The van der Waals surface area contributed by atoms with Crippen molar-refractivity contribution in [3.05, 3.63) is 85.1 Å². The zero-order chi connectivity index (χ0) is 49.2. The van der Waals surface area contributed by atoms with Gasteiger partial charge in [-0.05, 0) is 70.6 Å². The predicted molar refractivity (Wildman–Crippen MR) is 303 cm³/mol. The highest BCUT2D eigenvalue weighted by atomic mass is 16.3. The van der Waals surface area contributed by atoms with E-state index in [9.17, 15) is 15.0 Å². The summed E-state index contributed by atoms with van der Waals surface area (Å²) in [4.78, 5) is 12.5. The number of hydrogen-bond acceptors (Lipinski definition) is 3. The quantitative estimate of drug-likeness (QED) is 0.0420. The molecule has 0 aliphatic rings. The number of aliphatic hydroxyl groups excluding tert-OH is 2. The maximum Gasteiger partial charge on any atom is 0.220 e. The molecule has 4 nitrogen and oxygen atoms in total. The van der Waals surface area contributed by atoms with E-state index in [2.05, 4.69) is 92.1 Å². The van der Waals surface area contributed by atoms with Crippen LogP contribution >= 0.6 is 0 Å². The molecule has 0 aromatic heterocycles. The average molecular weight is 947 g/mol. The second-order valence-electron chi connectivity index (χ2n) is 20.0. The van der Waals surface area contributed by atoms with Gasteiger partial charge in [0.05, 0.1) is 18.8 Å². The molecule has 0 saturated carbocycles. The Morgan fingerprint density at radius 3 is 0.971 bits per heavy atom. The van der Waals surface area contributed by atoms with E-state index in [1.807, 2.05) is 6.08 Å². The molecule has 0 radical (unpaired) electrons. The number of hydrogen-bond donors (Lipinski definition) is 3. The third-order valence-corrected chi connectivity index (χ3v) is 13.4. The van der Waals surface area contributed by atoms with Crippen LogP contribution in [0.5, 0.6) is 0 Å². The van der Waals surface area contributed by atoms with E-state index in [1.165, 1.54) is 212 Å². The first-order valence-corrected chi connectivity index (χ1v) is 29.8. The fourth-order valence-corrected chi connectivity index (χ4v) is 8.89. The van der Waals surface area contributed by atoms with Gasteiger partial charge in [0.1, 0.15) is 0 Å². The van der Waals surface area contributed by atoms with Crippen LogP contribution in [0, 0.1) is 0 Å². The van der Waals surface area contributed by atoms with Gasteiger partial charge in [-0.1, -0.05) is 304 Å². The summed E-state index contributed by atoms with van der Waals surface area (Å²) in [5, 5.41) is 23.2. The van der Waals surface area contributed by atoms with Crippen molar-refractivity contribution in [2.45, 2.75) is 309 Å². The number of amides is 1. The second kappa shape index (κ2) is 58.9. The molecule has 0 saturated heterocycles. The summed E-state index contributed by atoms with van der Waals surface area (Å²) in [5.74, 6) is -0.0660. The van der Waals surface area contributed by atoms with Gasteiger partial charge in [-0.3, -0.25) is 4.79 Å². The van der Waals surface area contributed by atoms with E-state index in [0.717, 1.165) is 64.2 Å². The minimum atomic E-state index is -0.846. The third-order valence-electron chi connectivity index (χ3n) is 13.4. The standard InChI is InChI=1S/C64H115NO3/c1-3-5-7-9-11-13-15-17-19-21-23-25-27-29-30-31-32-33-34-36-38-40-42-44-46-48-50-52-54-56-58-60-64(68)65-62(61-66)63(67)59-57-55-53-51-49-47-45-43-41-39-37-35-28-26-24-22-20-18-16-14-12-10-8-6-4-2/h5,7,11,13,17,19,23,25,29-30,32-33,57,59,62-63,66-67H,3-4,6,8-10,12,14-16,18,20-22,24,26-28,31,34-56,58,60-61H2,1-2H3,(H,65,68)/b7-5-,13-11-,19-17-,25-23-,30-29-,33-32-,59-57+. The summed E-state index contributed by atoms with van der Waals surface area (Å²) < 4.78 is 0. The molecule has 1 amide bonds. The topological polar surface area (TPSA) is 69.6 Å². The van der Waals surface area contributed by atoms with Gasteiger partial charge in [0.2, 0.25) is 5.91 Å². The van der Waals surface area contributed by atoms with E-state index < -0.39 is 12.1 Å². The number of nitrogens with one attached hydrogen (secondary N) is 1. The molecule has 4 heteroatoms. The van der Waals surface area contributed by atoms with Crippen molar-refractivity contribution in [1.82, 2.24) is 5.32 Å². The fourth-order valence-electron chi connectivity index (χ4n) is 8.89.